The lowest BCUT2D eigenvalue weighted by Gasteiger charge is -2.23. The van der Waals surface area contributed by atoms with E-state index in [1.165, 1.54) is 27.6 Å². The zero-order chi connectivity index (χ0) is 15.6. The Balaban J connectivity index is 2.30. The minimum absolute atomic E-state index is 0.490. The molecule has 1 unspecified atom stereocenters. The fourth-order valence-electron chi connectivity index (χ4n) is 2.20. The predicted octanol–water partition coefficient (Wildman–Crippen LogP) is 5.43. The van der Waals surface area contributed by atoms with Gasteiger partial charge in [-0.05, 0) is 68.1 Å². The minimum atomic E-state index is -0.642. The fraction of sp³-hybridized carbons (Fsp3) is 0.368. The number of hydrogen-bond acceptors (Lipinski definition) is 1. The van der Waals surface area contributed by atoms with Crippen LogP contribution in [0.1, 0.15) is 36.1 Å². The Morgan fingerprint density at radius 2 is 1.33 bits per heavy atom. The summed E-state index contributed by atoms with van der Waals surface area (Å²) in [7, 11) is -0.642. The first-order valence-corrected chi connectivity index (χ1v) is 8.83. The molecule has 0 spiro atoms. The lowest BCUT2D eigenvalue weighted by molar-refractivity contribution is 0.611. The standard InChI is InChI=1S/C19H25OP/c1-13(2)21(19-10-8-15(4)17(6)12-19)20-18-9-7-14(3)16(5)11-18/h7-13H,1-6H3. The zero-order valence-corrected chi connectivity index (χ0v) is 14.8. The third-order valence-electron chi connectivity index (χ3n) is 3.90. The molecule has 0 aliphatic heterocycles. The smallest absolute Gasteiger partial charge is 0.124 e. The molecule has 0 N–H and O–H groups in total. The van der Waals surface area contributed by atoms with Crippen molar-refractivity contribution in [3.8, 4) is 5.75 Å². The van der Waals surface area contributed by atoms with Crippen molar-refractivity contribution in [2.45, 2.75) is 47.2 Å². The van der Waals surface area contributed by atoms with E-state index in [-0.39, 0.29) is 0 Å². The molecule has 0 aromatic heterocycles. The Morgan fingerprint density at radius 1 is 0.762 bits per heavy atom. The molecule has 0 heterocycles. The topological polar surface area (TPSA) is 9.23 Å². The van der Waals surface area contributed by atoms with Gasteiger partial charge >= 0.3 is 0 Å². The highest BCUT2D eigenvalue weighted by atomic mass is 31.1. The third kappa shape index (κ3) is 3.86. The van der Waals surface area contributed by atoms with Crippen LogP contribution in [0.3, 0.4) is 0 Å². The van der Waals surface area contributed by atoms with E-state index >= 15 is 0 Å². The molecule has 0 radical (unpaired) electrons. The molecule has 2 rings (SSSR count). The van der Waals surface area contributed by atoms with Crippen LogP contribution < -0.4 is 9.83 Å². The van der Waals surface area contributed by atoms with Crippen LogP contribution in [-0.2, 0) is 0 Å². The quantitative estimate of drug-likeness (QED) is 0.684. The van der Waals surface area contributed by atoms with Crippen molar-refractivity contribution in [1.29, 1.82) is 0 Å². The summed E-state index contributed by atoms with van der Waals surface area (Å²) in [6, 6.07) is 13.1. The molecule has 1 atom stereocenters. The van der Waals surface area contributed by atoms with Gasteiger partial charge in [0.25, 0.3) is 0 Å². The van der Waals surface area contributed by atoms with Gasteiger partial charge in [0.2, 0.25) is 0 Å². The first-order valence-electron chi connectivity index (χ1n) is 7.50. The van der Waals surface area contributed by atoms with Gasteiger partial charge in [-0.25, -0.2) is 0 Å². The second-order valence-corrected chi connectivity index (χ2v) is 8.41. The third-order valence-corrected chi connectivity index (χ3v) is 6.03. The normalized spacial score (nSPS) is 12.5. The number of benzene rings is 2. The van der Waals surface area contributed by atoms with Crippen molar-refractivity contribution in [2.24, 2.45) is 0 Å². The Kier molecular flexibility index (Phi) is 5.06. The SMILES string of the molecule is Cc1ccc(OP(c2ccc(C)c(C)c2)C(C)C)cc1C. The summed E-state index contributed by atoms with van der Waals surface area (Å²) in [5.41, 5.74) is 5.75. The van der Waals surface area contributed by atoms with Crippen LogP contribution in [0.5, 0.6) is 5.75 Å². The second-order valence-electron chi connectivity index (χ2n) is 6.03. The van der Waals surface area contributed by atoms with E-state index in [4.69, 9.17) is 4.52 Å². The van der Waals surface area contributed by atoms with Crippen LogP contribution in [0.25, 0.3) is 0 Å². The Morgan fingerprint density at radius 3 is 1.86 bits per heavy atom. The molecule has 0 saturated carbocycles. The lowest BCUT2D eigenvalue weighted by Crippen LogP contribution is -2.13. The molecule has 2 aromatic rings. The predicted molar refractivity (Wildman–Crippen MR) is 94.2 cm³/mol. The minimum Gasteiger partial charge on any atom is -0.469 e. The maximum Gasteiger partial charge on any atom is 0.124 e. The van der Waals surface area contributed by atoms with Crippen molar-refractivity contribution >= 4 is 13.5 Å². The molecule has 1 nitrogen and oxygen atoms in total. The van der Waals surface area contributed by atoms with E-state index < -0.39 is 8.15 Å². The van der Waals surface area contributed by atoms with E-state index in [1.807, 2.05) is 0 Å². The molecule has 21 heavy (non-hydrogen) atoms. The largest absolute Gasteiger partial charge is 0.469 e. The van der Waals surface area contributed by atoms with Gasteiger partial charge in [-0.3, -0.25) is 0 Å². The number of rotatable bonds is 4. The highest BCUT2D eigenvalue weighted by molar-refractivity contribution is 7.61. The summed E-state index contributed by atoms with van der Waals surface area (Å²) in [6.07, 6.45) is 0. The molecule has 0 aliphatic rings. The molecule has 0 fully saturated rings. The zero-order valence-electron chi connectivity index (χ0n) is 13.9. The number of aryl methyl sites for hydroxylation is 4. The summed E-state index contributed by atoms with van der Waals surface area (Å²) < 4.78 is 6.36. The van der Waals surface area contributed by atoms with Gasteiger partial charge in [0.1, 0.15) is 13.9 Å². The van der Waals surface area contributed by atoms with E-state index in [2.05, 4.69) is 77.9 Å². The van der Waals surface area contributed by atoms with Crippen LogP contribution in [0, 0.1) is 27.7 Å². The van der Waals surface area contributed by atoms with Gasteiger partial charge in [-0.15, -0.1) is 0 Å². The van der Waals surface area contributed by atoms with Gasteiger partial charge in [0, 0.05) is 11.0 Å². The fourth-order valence-corrected chi connectivity index (χ4v) is 4.00. The Hall–Kier alpha value is -1.33. The van der Waals surface area contributed by atoms with Crippen molar-refractivity contribution in [3.05, 3.63) is 58.7 Å². The van der Waals surface area contributed by atoms with Gasteiger partial charge in [0.05, 0.1) is 0 Å². The van der Waals surface area contributed by atoms with Crippen molar-refractivity contribution in [1.82, 2.24) is 0 Å². The summed E-state index contributed by atoms with van der Waals surface area (Å²) in [5.74, 6) is 0.983. The molecule has 0 saturated heterocycles. The average Bonchev–Trinajstić information content (AvgIpc) is 2.43. The molecule has 2 aromatic carbocycles. The Labute approximate surface area is 130 Å². The van der Waals surface area contributed by atoms with Crippen LogP contribution in [0.2, 0.25) is 0 Å². The second kappa shape index (κ2) is 6.62. The van der Waals surface area contributed by atoms with Crippen LogP contribution in [-0.4, -0.2) is 5.66 Å². The lowest BCUT2D eigenvalue weighted by atomic mass is 10.1. The van der Waals surface area contributed by atoms with Gasteiger partial charge in [0.15, 0.2) is 0 Å². The molecule has 0 bridgehead atoms. The summed E-state index contributed by atoms with van der Waals surface area (Å²) in [5, 5.41) is 1.32. The summed E-state index contributed by atoms with van der Waals surface area (Å²) >= 11 is 0. The number of hydrogen-bond donors (Lipinski definition) is 0. The van der Waals surface area contributed by atoms with Crippen molar-refractivity contribution in [2.75, 3.05) is 0 Å². The first-order chi connectivity index (χ1) is 9.88. The average molecular weight is 300 g/mol. The van der Waals surface area contributed by atoms with Crippen LogP contribution >= 0.6 is 8.15 Å². The maximum absolute atomic E-state index is 6.36. The van der Waals surface area contributed by atoms with Crippen LogP contribution in [0.15, 0.2) is 36.4 Å². The van der Waals surface area contributed by atoms with E-state index in [9.17, 15) is 0 Å². The molecule has 2 heteroatoms. The first kappa shape index (κ1) is 16.0. The van der Waals surface area contributed by atoms with Crippen molar-refractivity contribution in [3.63, 3.8) is 0 Å². The highest BCUT2D eigenvalue weighted by Crippen LogP contribution is 2.42. The van der Waals surface area contributed by atoms with E-state index in [0.717, 1.165) is 5.75 Å². The van der Waals surface area contributed by atoms with Gasteiger partial charge in [-0.1, -0.05) is 32.0 Å². The molecular weight excluding hydrogens is 275 g/mol. The molecule has 0 amide bonds. The molecular formula is C19H25OP. The van der Waals surface area contributed by atoms with Gasteiger partial charge in [-0.2, -0.15) is 0 Å². The van der Waals surface area contributed by atoms with Crippen molar-refractivity contribution < 1.29 is 4.52 Å². The van der Waals surface area contributed by atoms with E-state index in [1.54, 1.807) is 0 Å². The summed E-state index contributed by atoms with van der Waals surface area (Å²) in [6.45, 7) is 13.1. The molecule has 112 valence electrons. The summed E-state index contributed by atoms with van der Waals surface area (Å²) in [4.78, 5) is 0. The highest BCUT2D eigenvalue weighted by Gasteiger charge is 2.19. The monoisotopic (exact) mass is 300 g/mol. The van der Waals surface area contributed by atoms with Gasteiger partial charge < -0.3 is 4.52 Å². The Bertz CT molecular complexity index is 631. The van der Waals surface area contributed by atoms with Crippen LogP contribution in [0.4, 0.5) is 0 Å². The maximum atomic E-state index is 6.36. The van der Waals surface area contributed by atoms with E-state index in [0.29, 0.717) is 5.66 Å². The molecule has 0 aliphatic carbocycles.